The topological polar surface area (TPSA) is 59.1 Å². The van der Waals surface area contributed by atoms with Crippen molar-refractivity contribution in [2.75, 3.05) is 5.73 Å². The second-order valence-corrected chi connectivity index (χ2v) is 6.51. The molecule has 1 aromatic rings. The fourth-order valence-electron chi connectivity index (χ4n) is 2.69. The van der Waals surface area contributed by atoms with Crippen LogP contribution in [-0.2, 0) is 0 Å². The van der Waals surface area contributed by atoms with Gasteiger partial charge in [0.25, 0.3) is 0 Å². The zero-order chi connectivity index (χ0) is 13.3. The fraction of sp³-hybridized carbons (Fsp3) is 0.643. The molecule has 3 N–H and O–H groups in total. The van der Waals surface area contributed by atoms with E-state index in [1.807, 2.05) is 0 Å². The van der Waals surface area contributed by atoms with E-state index in [9.17, 15) is 5.11 Å². The van der Waals surface area contributed by atoms with Gasteiger partial charge in [0.05, 0.1) is 11.1 Å². The van der Waals surface area contributed by atoms with Crippen molar-refractivity contribution in [2.24, 2.45) is 11.3 Å². The maximum absolute atomic E-state index is 10.4. The van der Waals surface area contributed by atoms with Crippen LogP contribution in [0.4, 0.5) is 5.82 Å². The van der Waals surface area contributed by atoms with E-state index in [2.05, 4.69) is 18.8 Å². The van der Waals surface area contributed by atoms with Gasteiger partial charge in [0.2, 0.25) is 0 Å². The van der Waals surface area contributed by atoms with E-state index in [-0.39, 0.29) is 5.92 Å². The Kier molecular flexibility index (Phi) is 3.83. The number of nitrogen functional groups attached to an aromatic ring is 1. The molecule has 1 saturated carbocycles. The van der Waals surface area contributed by atoms with Crippen LogP contribution in [-0.4, -0.2) is 10.1 Å². The van der Waals surface area contributed by atoms with Crippen LogP contribution in [0.15, 0.2) is 12.3 Å². The Bertz CT molecular complexity index is 424. The van der Waals surface area contributed by atoms with Crippen LogP contribution in [0.1, 0.15) is 51.2 Å². The summed E-state index contributed by atoms with van der Waals surface area (Å²) in [5, 5.41) is 11.0. The number of aromatic nitrogens is 1. The van der Waals surface area contributed by atoms with Crippen molar-refractivity contribution in [3.63, 3.8) is 0 Å². The normalized spacial score (nSPS) is 21.8. The lowest BCUT2D eigenvalue weighted by molar-refractivity contribution is 0.0570. The fourth-order valence-corrected chi connectivity index (χ4v) is 2.86. The second-order valence-electron chi connectivity index (χ2n) is 6.07. The molecule has 1 unspecified atom stereocenters. The number of hydrogen-bond donors (Lipinski definition) is 2. The number of nitrogens with two attached hydrogens (primary N) is 1. The van der Waals surface area contributed by atoms with Gasteiger partial charge in [0.15, 0.2) is 0 Å². The number of hydrogen-bond acceptors (Lipinski definition) is 3. The van der Waals surface area contributed by atoms with Crippen LogP contribution in [0.2, 0.25) is 5.02 Å². The van der Waals surface area contributed by atoms with Gasteiger partial charge < -0.3 is 10.8 Å². The number of halogens is 1. The molecule has 0 spiro atoms. The lowest BCUT2D eigenvalue weighted by Crippen LogP contribution is -2.25. The SMILES string of the molecule is CC1(C)CCC(C(O)c2cc(Cl)cnc2N)CC1. The molecule has 0 aliphatic heterocycles. The molecule has 0 radical (unpaired) electrons. The molecule has 1 heterocycles. The highest BCUT2D eigenvalue weighted by atomic mass is 35.5. The van der Waals surface area contributed by atoms with Crippen LogP contribution in [0, 0.1) is 11.3 Å². The molecule has 18 heavy (non-hydrogen) atoms. The number of rotatable bonds is 2. The first-order valence-corrected chi connectivity index (χ1v) is 6.86. The first-order chi connectivity index (χ1) is 8.39. The lowest BCUT2D eigenvalue weighted by Gasteiger charge is -2.36. The van der Waals surface area contributed by atoms with E-state index >= 15 is 0 Å². The first-order valence-electron chi connectivity index (χ1n) is 6.48. The molecule has 1 aliphatic rings. The van der Waals surface area contributed by atoms with E-state index in [0.717, 1.165) is 25.7 Å². The van der Waals surface area contributed by atoms with E-state index in [1.165, 1.54) is 6.20 Å². The van der Waals surface area contributed by atoms with Gasteiger partial charge in [-0.3, -0.25) is 0 Å². The van der Waals surface area contributed by atoms with E-state index in [0.29, 0.717) is 21.8 Å². The summed E-state index contributed by atoms with van der Waals surface area (Å²) in [6, 6.07) is 1.73. The van der Waals surface area contributed by atoms with Crippen molar-refractivity contribution >= 4 is 17.4 Å². The number of pyridine rings is 1. The molecule has 2 rings (SSSR count). The Morgan fingerprint density at radius 3 is 2.67 bits per heavy atom. The van der Waals surface area contributed by atoms with Crippen LogP contribution in [0.3, 0.4) is 0 Å². The van der Waals surface area contributed by atoms with Crippen LogP contribution in [0.25, 0.3) is 0 Å². The average Bonchev–Trinajstić information content (AvgIpc) is 2.31. The highest BCUT2D eigenvalue weighted by Crippen LogP contribution is 2.43. The molecule has 1 aliphatic carbocycles. The van der Waals surface area contributed by atoms with Gasteiger partial charge in [-0.25, -0.2) is 4.98 Å². The maximum Gasteiger partial charge on any atom is 0.129 e. The number of aliphatic hydroxyl groups excluding tert-OH is 1. The number of anilines is 1. The Labute approximate surface area is 113 Å². The Morgan fingerprint density at radius 1 is 1.44 bits per heavy atom. The smallest absolute Gasteiger partial charge is 0.129 e. The summed E-state index contributed by atoms with van der Waals surface area (Å²) < 4.78 is 0. The Balaban J connectivity index is 2.12. The molecule has 0 aromatic carbocycles. The molecule has 0 bridgehead atoms. The lowest BCUT2D eigenvalue weighted by atomic mass is 9.71. The third kappa shape index (κ3) is 2.96. The predicted molar refractivity (Wildman–Crippen MR) is 74.4 cm³/mol. The third-order valence-corrected chi connectivity index (χ3v) is 4.27. The van der Waals surface area contributed by atoms with Crippen molar-refractivity contribution < 1.29 is 5.11 Å². The maximum atomic E-state index is 10.4. The summed E-state index contributed by atoms with van der Waals surface area (Å²) >= 11 is 5.92. The summed E-state index contributed by atoms with van der Waals surface area (Å²) in [6.07, 6.45) is 5.30. The van der Waals surface area contributed by atoms with Crippen molar-refractivity contribution in [2.45, 2.75) is 45.6 Å². The monoisotopic (exact) mass is 268 g/mol. The van der Waals surface area contributed by atoms with Gasteiger partial charge in [0, 0.05) is 11.8 Å². The van der Waals surface area contributed by atoms with Gasteiger partial charge in [-0.05, 0) is 43.1 Å². The quantitative estimate of drug-likeness (QED) is 0.862. The summed E-state index contributed by atoms with van der Waals surface area (Å²) in [6.45, 7) is 4.57. The van der Waals surface area contributed by atoms with Crippen molar-refractivity contribution in [1.82, 2.24) is 4.98 Å². The van der Waals surface area contributed by atoms with Crippen molar-refractivity contribution in [3.8, 4) is 0 Å². The molecule has 3 nitrogen and oxygen atoms in total. The molecule has 1 fully saturated rings. The van der Waals surface area contributed by atoms with Crippen LogP contribution < -0.4 is 5.73 Å². The van der Waals surface area contributed by atoms with Crippen LogP contribution in [0.5, 0.6) is 0 Å². The van der Waals surface area contributed by atoms with E-state index in [4.69, 9.17) is 17.3 Å². The summed E-state index contributed by atoms with van der Waals surface area (Å²) in [5.41, 5.74) is 6.89. The zero-order valence-corrected chi connectivity index (χ0v) is 11.7. The van der Waals surface area contributed by atoms with Gasteiger partial charge in [0.1, 0.15) is 5.82 Å². The minimum absolute atomic E-state index is 0.264. The van der Waals surface area contributed by atoms with Crippen molar-refractivity contribution in [1.29, 1.82) is 0 Å². The largest absolute Gasteiger partial charge is 0.388 e. The molecular weight excluding hydrogens is 248 g/mol. The molecule has 1 atom stereocenters. The number of aliphatic hydroxyl groups is 1. The van der Waals surface area contributed by atoms with Gasteiger partial charge >= 0.3 is 0 Å². The molecular formula is C14H21ClN2O. The molecule has 0 amide bonds. The zero-order valence-electron chi connectivity index (χ0n) is 11.0. The Hall–Kier alpha value is -0.800. The average molecular weight is 269 g/mol. The predicted octanol–water partition coefficient (Wildman–Crippen LogP) is 3.57. The van der Waals surface area contributed by atoms with Gasteiger partial charge in [-0.15, -0.1) is 0 Å². The standard InChI is InChI=1S/C14H21ClN2O/c1-14(2)5-3-9(4-6-14)12(18)11-7-10(15)8-17-13(11)16/h7-9,12,18H,3-6H2,1-2H3,(H2,16,17). The molecule has 0 saturated heterocycles. The minimum atomic E-state index is -0.549. The third-order valence-electron chi connectivity index (χ3n) is 4.07. The van der Waals surface area contributed by atoms with E-state index in [1.54, 1.807) is 6.07 Å². The highest BCUT2D eigenvalue weighted by molar-refractivity contribution is 6.30. The first kappa shape index (κ1) is 13.6. The molecule has 1 aromatic heterocycles. The molecule has 100 valence electrons. The molecule has 4 heteroatoms. The van der Waals surface area contributed by atoms with E-state index < -0.39 is 6.10 Å². The van der Waals surface area contributed by atoms with Crippen molar-refractivity contribution in [3.05, 3.63) is 22.8 Å². The summed E-state index contributed by atoms with van der Waals surface area (Å²) in [7, 11) is 0. The second kappa shape index (κ2) is 5.06. The highest BCUT2D eigenvalue weighted by Gasteiger charge is 2.32. The van der Waals surface area contributed by atoms with Crippen LogP contribution >= 0.6 is 11.6 Å². The van der Waals surface area contributed by atoms with Gasteiger partial charge in [-0.1, -0.05) is 25.4 Å². The number of nitrogens with zero attached hydrogens (tertiary/aromatic N) is 1. The van der Waals surface area contributed by atoms with Gasteiger partial charge in [-0.2, -0.15) is 0 Å². The Morgan fingerprint density at radius 2 is 2.06 bits per heavy atom. The summed E-state index contributed by atoms with van der Waals surface area (Å²) in [4.78, 5) is 4.01. The minimum Gasteiger partial charge on any atom is -0.388 e. The summed E-state index contributed by atoms with van der Waals surface area (Å²) in [5.74, 6) is 0.650.